The molecule has 158 valence electrons. The second-order valence-electron chi connectivity index (χ2n) is 7.15. The first-order valence-electron chi connectivity index (χ1n) is 9.90. The number of nitrogens with one attached hydrogen (secondary N) is 2. The molecule has 2 fully saturated rings. The highest BCUT2D eigenvalue weighted by Gasteiger charge is 2.25. The fourth-order valence-electron chi connectivity index (χ4n) is 3.67. The van der Waals surface area contributed by atoms with Crippen molar-refractivity contribution >= 4 is 35.6 Å². The van der Waals surface area contributed by atoms with E-state index in [4.69, 9.17) is 9.47 Å². The van der Waals surface area contributed by atoms with Gasteiger partial charge >= 0.3 is 5.97 Å². The molecule has 0 radical (unpaired) electrons. The van der Waals surface area contributed by atoms with Crippen LogP contribution in [0.3, 0.4) is 0 Å². The molecule has 0 spiro atoms. The van der Waals surface area contributed by atoms with E-state index < -0.39 is 0 Å². The lowest BCUT2D eigenvalue weighted by Crippen LogP contribution is -2.39. The van der Waals surface area contributed by atoms with Crippen LogP contribution in [-0.4, -0.2) is 55.3 Å². The van der Waals surface area contributed by atoms with Crippen molar-refractivity contribution in [3.63, 3.8) is 0 Å². The summed E-state index contributed by atoms with van der Waals surface area (Å²) < 4.78 is 10.5. The van der Waals surface area contributed by atoms with Gasteiger partial charge < -0.3 is 20.1 Å². The molecule has 9 heteroatoms. The molecule has 0 unspecified atom stereocenters. The van der Waals surface area contributed by atoms with Crippen molar-refractivity contribution in [3.8, 4) is 0 Å². The Kier molecular flexibility index (Phi) is 9.64. The maximum absolute atomic E-state index is 12.5. The van der Waals surface area contributed by atoms with Crippen LogP contribution in [-0.2, 0) is 14.3 Å². The van der Waals surface area contributed by atoms with Crippen LogP contribution in [0.25, 0.3) is 0 Å². The van der Waals surface area contributed by atoms with Gasteiger partial charge in [-0.3, -0.25) is 4.79 Å². The molecular weight excluding hydrogens is 402 g/mol. The minimum absolute atomic E-state index is 0. The minimum atomic E-state index is -0.317. The zero-order valence-electron chi connectivity index (χ0n) is 16.3. The number of ether oxygens (including phenoxy) is 2. The van der Waals surface area contributed by atoms with Gasteiger partial charge in [-0.25, -0.2) is 9.78 Å². The molecule has 1 amide bonds. The monoisotopic (exact) mass is 431 g/mol. The second-order valence-corrected chi connectivity index (χ2v) is 8.21. The number of amides is 1. The lowest BCUT2D eigenvalue weighted by Gasteiger charge is -2.28. The standard InChI is InChI=1S/C19H29N3O4S.ClH/c1-2-25-17(23)12-26-15-5-3-14(4-6-15)22-18(24)16-11-21-19(27-16)13-7-9-20-10-8-13;/h11,13-15,20H,2-10,12H2,1H3,(H,22,24);1H. The summed E-state index contributed by atoms with van der Waals surface area (Å²) in [7, 11) is 0. The molecule has 1 saturated carbocycles. The van der Waals surface area contributed by atoms with Crippen molar-refractivity contribution in [2.75, 3.05) is 26.3 Å². The minimum Gasteiger partial charge on any atom is -0.464 e. The first-order valence-corrected chi connectivity index (χ1v) is 10.7. The van der Waals surface area contributed by atoms with Crippen molar-refractivity contribution in [2.45, 2.75) is 63.5 Å². The van der Waals surface area contributed by atoms with Crippen LogP contribution < -0.4 is 10.6 Å². The highest BCUT2D eigenvalue weighted by atomic mass is 35.5. The third kappa shape index (κ3) is 6.69. The smallest absolute Gasteiger partial charge is 0.332 e. The Labute approximate surface area is 176 Å². The Bertz CT molecular complexity index is 628. The molecule has 0 bridgehead atoms. The van der Waals surface area contributed by atoms with Crippen molar-refractivity contribution < 1.29 is 19.1 Å². The molecule has 2 heterocycles. The van der Waals surface area contributed by atoms with Crippen LogP contribution in [0.1, 0.15) is 66.0 Å². The van der Waals surface area contributed by atoms with Crippen LogP contribution in [0.5, 0.6) is 0 Å². The van der Waals surface area contributed by atoms with E-state index in [1.54, 1.807) is 13.1 Å². The van der Waals surface area contributed by atoms with E-state index in [-0.39, 0.29) is 43.0 Å². The lowest BCUT2D eigenvalue weighted by molar-refractivity contribution is -0.151. The molecule has 1 aliphatic heterocycles. The average molecular weight is 432 g/mol. The van der Waals surface area contributed by atoms with Gasteiger partial charge in [-0.15, -0.1) is 23.7 Å². The molecule has 1 aromatic heterocycles. The number of piperidine rings is 1. The Morgan fingerprint density at radius 2 is 1.93 bits per heavy atom. The molecule has 1 saturated heterocycles. The van der Waals surface area contributed by atoms with Crippen molar-refractivity contribution in [1.82, 2.24) is 15.6 Å². The van der Waals surface area contributed by atoms with Crippen LogP contribution in [0.4, 0.5) is 0 Å². The van der Waals surface area contributed by atoms with Gasteiger partial charge in [-0.2, -0.15) is 0 Å². The molecule has 1 aromatic rings. The maximum atomic E-state index is 12.5. The van der Waals surface area contributed by atoms with E-state index in [0.29, 0.717) is 17.4 Å². The summed E-state index contributed by atoms with van der Waals surface area (Å²) in [6, 6.07) is 0.157. The topological polar surface area (TPSA) is 89.5 Å². The molecule has 2 aliphatic rings. The molecule has 1 aliphatic carbocycles. The number of halogens is 1. The van der Waals surface area contributed by atoms with E-state index in [0.717, 1.165) is 56.6 Å². The fraction of sp³-hybridized carbons (Fsp3) is 0.737. The SMILES string of the molecule is CCOC(=O)COC1CCC(NC(=O)c2cnc(C3CCNCC3)s2)CC1.Cl. The number of hydrogen-bond acceptors (Lipinski definition) is 7. The van der Waals surface area contributed by atoms with Crippen molar-refractivity contribution in [3.05, 3.63) is 16.1 Å². The van der Waals surface area contributed by atoms with Gasteiger partial charge in [-0.05, 0) is 58.5 Å². The fourth-order valence-corrected chi connectivity index (χ4v) is 4.66. The third-order valence-corrected chi connectivity index (χ3v) is 6.35. The Morgan fingerprint density at radius 3 is 2.61 bits per heavy atom. The summed E-state index contributed by atoms with van der Waals surface area (Å²) in [5.41, 5.74) is 0. The van der Waals surface area contributed by atoms with Gasteiger partial charge in [0.15, 0.2) is 0 Å². The Balaban J connectivity index is 0.00000280. The van der Waals surface area contributed by atoms with E-state index in [9.17, 15) is 9.59 Å². The first-order chi connectivity index (χ1) is 13.2. The number of thiazole rings is 1. The second kappa shape index (κ2) is 11.7. The first kappa shape index (κ1) is 23.1. The summed E-state index contributed by atoms with van der Waals surface area (Å²) >= 11 is 1.53. The Hall–Kier alpha value is -1.22. The summed E-state index contributed by atoms with van der Waals surface area (Å²) in [6.45, 7) is 4.21. The molecule has 2 N–H and O–H groups in total. The van der Waals surface area contributed by atoms with E-state index in [2.05, 4.69) is 15.6 Å². The van der Waals surface area contributed by atoms with E-state index in [1.165, 1.54) is 11.3 Å². The zero-order valence-corrected chi connectivity index (χ0v) is 17.9. The average Bonchev–Trinajstić information content (AvgIpc) is 3.19. The van der Waals surface area contributed by atoms with Crippen LogP contribution >= 0.6 is 23.7 Å². The highest BCUT2D eigenvalue weighted by molar-refractivity contribution is 7.13. The van der Waals surface area contributed by atoms with E-state index >= 15 is 0 Å². The maximum Gasteiger partial charge on any atom is 0.332 e. The number of carbonyl (C=O) groups excluding carboxylic acids is 2. The van der Waals surface area contributed by atoms with E-state index in [1.807, 2.05) is 0 Å². The van der Waals surface area contributed by atoms with Gasteiger partial charge in [-0.1, -0.05) is 0 Å². The zero-order chi connectivity index (χ0) is 19.1. The Morgan fingerprint density at radius 1 is 1.21 bits per heavy atom. The van der Waals surface area contributed by atoms with Crippen LogP contribution in [0.2, 0.25) is 0 Å². The number of carbonyl (C=O) groups is 2. The molecule has 7 nitrogen and oxygen atoms in total. The summed E-state index contributed by atoms with van der Waals surface area (Å²) in [5, 5.41) is 7.57. The third-order valence-electron chi connectivity index (χ3n) is 5.19. The predicted molar refractivity (Wildman–Crippen MR) is 110 cm³/mol. The highest BCUT2D eigenvalue weighted by Crippen LogP contribution is 2.29. The molecule has 3 rings (SSSR count). The summed E-state index contributed by atoms with van der Waals surface area (Å²) in [5.74, 6) is 0.135. The van der Waals surface area contributed by atoms with Gasteiger partial charge in [0.25, 0.3) is 5.91 Å². The van der Waals surface area contributed by atoms with Gasteiger partial charge in [0.1, 0.15) is 11.5 Å². The van der Waals surface area contributed by atoms with Crippen molar-refractivity contribution in [2.24, 2.45) is 0 Å². The van der Waals surface area contributed by atoms with Gasteiger partial charge in [0.2, 0.25) is 0 Å². The number of esters is 1. The quantitative estimate of drug-likeness (QED) is 0.645. The lowest BCUT2D eigenvalue weighted by atomic mass is 9.93. The van der Waals surface area contributed by atoms with Crippen molar-refractivity contribution in [1.29, 1.82) is 0 Å². The molecule has 28 heavy (non-hydrogen) atoms. The van der Waals surface area contributed by atoms with Crippen LogP contribution in [0, 0.1) is 0 Å². The normalized spacial score (nSPS) is 22.9. The summed E-state index contributed by atoms with van der Waals surface area (Å²) in [6.07, 6.45) is 7.36. The van der Waals surface area contributed by atoms with Gasteiger partial charge in [0.05, 0.1) is 23.9 Å². The van der Waals surface area contributed by atoms with Gasteiger partial charge in [0, 0.05) is 12.0 Å². The largest absolute Gasteiger partial charge is 0.464 e. The number of rotatable bonds is 7. The predicted octanol–water partition coefficient (Wildman–Crippen LogP) is 2.65. The number of hydrogen-bond donors (Lipinski definition) is 2. The molecular formula is C19H30ClN3O4S. The molecule has 0 aromatic carbocycles. The number of aromatic nitrogens is 1. The van der Waals surface area contributed by atoms with Crippen LogP contribution in [0.15, 0.2) is 6.20 Å². The number of nitrogens with zero attached hydrogens (tertiary/aromatic N) is 1. The summed E-state index contributed by atoms with van der Waals surface area (Å²) in [4.78, 5) is 29.1. The molecule has 0 atom stereocenters.